The van der Waals surface area contributed by atoms with Crippen LogP contribution in [0.1, 0.15) is 271 Å². The molecular weight excluding hydrogens is 1100 g/mol. The Balaban J connectivity index is 4.18. The second-order valence-electron chi connectivity index (χ2n) is 24.4. The van der Waals surface area contributed by atoms with E-state index in [1.54, 1.807) is 0 Å². The number of quaternary nitrogens is 1. The Hall–Kier alpha value is -5.09. The minimum atomic E-state index is -1.65. The Bertz CT molecular complexity index is 2020. The highest BCUT2D eigenvalue weighted by Crippen LogP contribution is 2.17. The summed E-state index contributed by atoms with van der Waals surface area (Å²) in [7, 11) is 5.90. The van der Waals surface area contributed by atoms with Crippen LogP contribution in [-0.4, -0.2) is 82.3 Å². The number of aliphatic carboxylic acids is 1. The Morgan fingerprint density at radius 1 is 0.337 bits per heavy atom. The van der Waals surface area contributed by atoms with Crippen LogP contribution in [0.4, 0.5) is 0 Å². The lowest BCUT2D eigenvalue weighted by atomic mass is 10.0. The molecule has 0 rings (SSSR count). The molecule has 2 unspecified atom stereocenters. The number of carboxylic acids is 1. The molecule has 0 aliphatic heterocycles. The van der Waals surface area contributed by atoms with E-state index in [9.17, 15) is 19.5 Å². The first-order chi connectivity index (χ1) is 43.6. The lowest BCUT2D eigenvalue weighted by molar-refractivity contribution is -0.870. The zero-order valence-electron chi connectivity index (χ0n) is 57.5. The normalized spacial score (nSPS) is 13.7. The summed E-state index contributed by atoms with van der Waals surface area (Å²) in [6, 6.07) is 0. The number of allylic oxidation sites excluding steroid dienone is 26. The molecule has 0 aromatic carbocycles. The van der Waals surface area contributed by atoms with E-state index in [4.69, 9.17) is 18.9 Å². The first-order valence-electron chi connectivity index (χ1n) is 35.6. The van der Waals surface area contributed by atoms with Crippen LogP contribution < -0.4 is 5.11 Å². The van der Waals surface area contributed by atoms with Crippen LogP contribution in [0.5, 0.6) is 0 Å². The number of carboxylic acid groups (broad SMARTS) is 1. The first-order valence-corrected chi connectivity index (χ1v) is 35.6. The van der Waals surface area contributed by atoms with E-state index in [0.717, 1.165) is 103 Å². The van der Waals surface area contributed by atoms with Crippen LogP contribution in [0.15, 0.2) is 158 Å². The number of esters is 2. The molecule has 2 atom stereocenters. The van der Waals surface area contributed by atoms with Gasteiger partial charge < -0.3 is 33.3 Å². The maximum Gasteiger partial charge on any atom is 0.306 e. The van der Waals surface area contributed by atoms with Gasteiger partial charge in [0, 0.05) is 12.8 Å². The van der Waals surface area contributed by atoms with Gasteiger partial charge in [0.25, 0.3) is 0 Å². The van der Waals surface area contributed by atoms with Crippen molar-refractivity contribution in [2.24, 2.45) is 0 Å². The van der Waals surface area contributed by atoms with Crippen molar-refractivity contribution in [3.8, 4) is 0 Å². The molecule has 0 heterocycles. The Labute approximate surface area is 546 Å². The first kappa shape index (κ1) is 83.9. The smallest absolute Gasteiger partial charge is 0.306 e. The minimum Gasteiger partial charge on any atom is -0.545 e. The molecule has 0 saturated heterocycles. The number of likely N-dealkylation sites (N-methyl/N-ethyl adjacent to an activating group) is 1. The summed E-state index contributed by atoms with van der Waals surface area (Å²) in [5.41, 5.74) is 0. The molecule has 0 fully saturated rings. The lowest BCUT2D eigenvalue weighted by Gasteiger charge is -2.26. The van der Waals surface area contributed by atoms with E-state index in [0.29, 0.717) is 23.9 Å². The van der Waals surface area contributed by atoms with Crippen molar-refractivity contribution in [3.05, 3.63) is 158 Å². The van der Waals surface area contributed by atoms with Gasteiger partial charge in [0.05, 0.1) is 40.3 Å². The van der Waals surface area contributed by atoms with Gasteiger partial charge in [-0.15, -0.1) is 0 Å². The van der Waals surface area contributed by atoms with Crippen molar-refractivity contribution in [1.29, 1.82) is 0 Å². The quantitative estimate of drug-likeness (QED) is 0.0195. The van der Waals surface area contributed by atoms with Crippen molar-refractivity contribution in [2.75, 3.05) is 47.5 Å². The van der Waals surface area contributed by atoms with Crippen molar-refractivity contribution in [2.45, 2.75) is 283 Å². The van der Waals surface area contributed by atoms with Gasteiger partial charge >= 0.3 is 11.9 Å². The van der Waals surface area contributed by atoms with Gasteiger partial charge in [-0.3, -0.25) is 9.59 Å². The molecule has 0 amide bonds. The Kier molecular flexibility index (Phi) is 64.9. The zero-order chi connectivity index (χ0) is 64.7. The van der Waals surface area contributed by atoms with Crippen molar-refractivity contribution < 1.29 is 42.9 Å². The predicted octanol–water partition coefficient (Wildman–Crippen LogP) is 21.1. The SMILES string of the molecule is CC/C=C\C/C=C\C/C=C\C/C=C\C/C=C\C/C=C\C/C=C\C/C=C\C/C=C\CCCC(=O)OC(COC(=O)CCCCCCCCCCCCCCCCCCCCCCCC/C=C\C/C=C\C/C=C\C/C=C\CC)COC(OCC[N+](C)(C)C)C(=O)[O-]. The average molecular weight is 1230 g/mol. The van der Waals surface area contributed by atoms with Crippen molar-refractivity contribution in [3.63, 3.8) is 0 Å². The fourth-order valence-electron chi connectivity index (χ4n) is 9.41. The van der Waals surface area contributed by atoms with Gasteiger partial charge in [-0.2, -0.15) is 0 Å². The van der Waals surface area contributed by atoms with Crippen LogP contribution in [-0.2, 0) is 33.3 Å². The van der Waals surface area contributed by atoms with Gasteiger partial charge in [-0.25, -0.2) is 0 Å². The molecule has 0 aliphatic carbocycles. The number of carbonyl (C=O) groups excluding carboxylic acids is 3. The maximum atomic E-state index is 12.9. The van der Waals surface area contributed by atoms with Crippen molar-refractivity contribution >= 4 is 17.9 Å². The molecule has 0 aromatic heterocycles. The van der Waals surface area contributed by atoms with E-state index >= 15 is 0 Å². The Morgan fingerprint density at radius 3 is 0.933 bits per heavy atom. The van der Waals surface area contributed by atoms with Gasteiger partial charge in [0.2, 0.25) is 0 Å². The average Bonchev–Trinajstić information content (AvgIpc) is 3.71. The largest absolute Gasteiger partial charge is 0.545 e. The predicted molar refractivity (Wildman–Crippen MR) is 379 cm³/mol. The minimum absolute atomic E-state index is 0.130. The molecule has 504 valence electrons. The van der Waals surface area contributed by atoms with Crippen LogP contribution in [0, 0.1) is 0 Å². The molecule has 0 aliphatic rings. The number of ether oxygens (including phenoxy) is 4. The third-order valence-electron chi connectivity index (χ3n) is 14.8. The highest BCUT2D eigenvalue weighted by Gasteiger charge is 2.22. The molecule has 0 aromatic rings. The number of nitrogens with zero attached hydrogens (tertiary/aromatic N) is 1. The van der Waals surface area contributed by atoms with Gasteiger partial charge in [-0.1, -0.05) is 300 Å². The highest BCUT2D eigenvalue weighted by atomic mass is 16.7. The van der Waals surface area contributed by atoms with Crippen molar-refractivity contribution in [1.82, 2.24) is 0 Å². The summed E-state index contributed by atoms with van der Waals surface area (Å²) in [6.45, 7) is 4.46. The monoisotopic (exact) mass is 1230 g/mol. The molecule has 0 radical (unpaired) electrons. The van der Waals surface area contributed by atoms with Crippen LogP contribution in [0.2, 0.25) is 0 Å². The van der Waals surface area contributed by atoms with E-state index in [2.05, 4.69) is 172 Å². The summed E-state index contributed by atoms with van der Waals surface area (Å²) in [5.74, 6) is -2.37. The molecule has 89 heavy (non-hydrogen) atoms. The zero-order valence-corrected chi connectivity index (χ0v) is 57.5. The molecule has 0 spiro atoms. The topological polar surface area (TPSA) is 111 Å². The van der Waals surface area contributed by atoms with Crippen LogP contribution in [0.3, 0.4) is 0 Å². The summed E-state index contributed by atoms with van der Waals surface area (Å²) >= 11 is 0. The maximum absolute atomic E-state index is 12.9. The number of hydrogen-bond donors (Lipinski definition) is 0. The summed E-state index contributed by atoms with van der Waals surface area (Å²) < 4.78 is 22.7. The van der Waals surface area contributed by atoms with E-state index < -0.39 is 24.3 Å². The number of unbranched alkanes of at least 4 members (excludes halogenated alkanes) is 23. The lowest BCUT2D eigenvalue weighted by Crippen LogP contribution is -2.44. The Morgan fingerprint density at radius 2 is 0.618 bits per heavy atom. The number of carbonyl (C=O) groups is 3. The number of hydrogen-bond acceptors (Lipinski definition) is 8. The third kappa shape index (κ3) is 70.2. The number of rotatable bonds is 64. The summed E-state index contributed by atoms with van der Waals surface area (Å²) in [4.78, 5) is 37.5. The molecule has 0 saturated carbocycles. The third-order valence-corrected chi connectivity index (χ3v) is 14.8. The fourth-order valence-corrected chi connectivity index (χ4v) is 9.41. The molecule has 9 heteroatoms. The van der Waals surface area contributed by atoms with Gasteiger partial charge in [0.1, 0.15) is 13.2 Å². The van der Waals surface area contributed by atoms with E-state index in [1.807, 2.05) is 21.1 Å². The summed E-state index contributed by atoms with van der Waals surface area (Å²) in [6.07, 6.45) is 99.2. The molecule has 0 N–H and O–H groups in total. The van der Waals surface area contributed by atoms with Crippen LogP contribution in [0.25, 0.3) is 0 Å². The summed E-state index contributed by atoms with van der Waals surface area (Å²) in [5, 5.41) is 11.8. The van der Waals surface area contributed by atoms with E-state index in [1.165, 1.54) is 128 Å². The van der Waals surface area contributed by atoms with Crippen LogP contribution >= 0.6 is 0 Å². The standard InChI is InChI=1S/C80H131NO8/c1-6-8-10-12-14-16-18-20-22-24-26-28-30-32-34-36-37-38-39-40-41-43-44-46-48-50-52-54-56-58-60-62-64-66-68-70-77(82)87-74-76(75-88-80(79(84)85)86-73-72-81(3,4)5)89-78(83)71-69-67-65-63-61-59-57-55-53-51-49-47-45-42-35-33-31-29-27-25-23-21-19-17-15-13-11-9-7-2/h8-11,14-17,20-23,26-29,33,35,45,47,51,53,57,59,63,65,76,80H,6-7,12-13,18-19,24-25,30-32,34,36-44,46,48-50,52,54-56,58,60-62,64,66-75H2,1-5H3/b10-8-,11-9-,16-14-,17-15-,22-20-,23-21-,28-26-,29-27-,35-33-,47-45-,53-51-,59-57-,65-63-. The van der Waals surface area contributed by atoms with Gasteiger partial charge in [0.15, 0.2) is 12.4 Å². The van der Waals surface area contributed by atoms with Gasteiger partial charge in [-0.05, 0) is 116 Å². The molecular formula is C80H131NO8. The molecule has 0 bridgehead atoms. The fraction of sp³-hybridized carbons (Fsp3) is 0.637. The highest BCUT2D eigenvalue weighted by molar-refractivity contribution is 5.70. The van der Waals surface area contributed by atoms with E-state index in [-0.39, 0.29) is 38.6 Å². The molecule has 9 nitrogen and oxygen atoms in total. The second-order valence-corrected chi connectivity index (χ2v) is 24.4. The second kappa shape index (κ2) is 68.8.